The standard InChI is InChI=1S/C23H28N2O5/c1-3-16-10-17(16)12-21(27)18-11-20(22(28)24-2)23(29)25(14-18)13-15-5-4-6-19(9-15)30-8-7-26/h4-6,9,11,14,16-17,26H,3,7-8,10,12-13H2,1-2H3,(H,24,28)/t16-,17+/m0/s1. The molecule has 0 spiro atoms. The lowest BCUT2D eigenvalue weighted by Crippen LogP contribution is -2.32. The number of aliphatic hydroxyl groups excluding tert-OH is 1. The van der Waals surface area contributed by atoms with E-state index < -0.39 is 11.5 Å². The highest BCUT2D eigenvalue weighted by Crippen LogP contribution is 2.44. The molecule has 1 aromatic carbocycles. The maximum atomic E-state index is 12.9. The van der Waals surface area contributed by atoms with Crippen LogP contribution >= 0.6 is 0 Å². The Bertz CT molecular complexity index is 982. The molecule has 2 atom stereocenters. The normalized spacial score (nSPS) is 17.4. The highest BCUT2D eigenvalue weighted by molar-refractivity contribution is 6.00. The number of benzene rings is 1. The average molecular weight is 412 g/mol. The van der Waals surface area contributed by atoms with E-state index in [9.17, 15) is 14.4 Å². The number of nitrogens with one attached hydrogen (secondary N) is 1. The highest BCUT2D eigenvalue weighted by Gasteiger charge is 2.37. The molecule has 0 unspecified atom stereocenters. The zero-order valence-corrected chi connectivity index (χ0v) is 17.4. The Balaban J connectivity index is 1.90. The van der Waals surface area contributed by atoms with Crippen LogP contribution in [0.5, 0.6) is 5.75 Å². The molecule has 160 valence electrons. The van der Waals surface area contributed by atoms with Crippen molar-refractivity contribution in [3.63, 3.8) is 0 Å². The van der Waals surface area contributed by atoms with Gasteiger partial charge in [-0.1, -0.05) is 25.5 Å². The van der Waals surface area contributed by atoms with Crippen LogP contribution in [0.25, 0.3) is 0 Å². The topological polar surface area (TPSA) is 97.6 Å². The summed E-state index contributed by atoms with van der Waals surface area (Å²) < 4.78 is 6.82. The Morgan fingerprint density at radius 1 is 1.27 bits per heavy atom. The summed E-state index contributed by atoms with van der Waals surface area (Å²) in [6.45, 7) is 2.40. The van der Waals surface area contributed by atoms with Gasteiger partial charge in [-0.05, 0) is 42.0 Å². The number of hydrogen-bond acceptors (Lipinski definition) is 5. The van der Waals surface area contributed by atoms with Gasteiger partial charge in [0.05, 0.1) is 13.2 Å². The molecule has 3 rings (SSSR count). The SMILES string of the molecule is CC[C@H]1C[C@@H]1CC(=O)c1cc(C(=O)NC)c(=O)n(Cc2cccc(OCCO)c2)c1. The number of pyridine rings is 1. The van der Waals surface area contributed by atoms with Crippen molar-refractivity contribution in [3.05, 3.63) is 63.6 Å². The van der Waals surface area contributed by atoms with Gasteiger partial charge in [0, 0.05) is 25.2 Å². The lowest BCUT2D eigenvalue weighted by Gasteiger charge is -2.12. The summed E-state index contributed by atoms with van der Waals surface area (Å²) in [7, 11) is 1.46. The average Bonchev–Trinajstić information content (AvgIpc) is 3.51. The van der Waals surface area contributed by atoms with Crippen molar-refractivity contribution in [3.8, 4) is 5.75 Å². The van der Waals surface area contributed by atoms with E-state index in [-0.39, 0.29) is 31.1 Å². The number of carbonyl (C=O) groups excluding carboxylic acids is 2. The molecule has 1 heterocycles. The van der Waals surface area contributed by atoms with Crippen LogP contribution in [-0.2, 0) is 6.54 Å². The minimum absolute atomic E-state index is 0.0427. The lowest BCUT2D eigenvalue weighted by atomic mass is 10.0. The zero-order valence-electron chi connectivity index (χ0n) is 17.4. The Labute approximate surface area is 175 Å². The molecular weight excluding hydrogens is 384 g/mol. The summed E-state index contributed by atoms with van der Waals surface area (Å²) in [5, 5.41) is 11.4. The molecule has 1 aliphatic rings. The van der Waals surface area contributed by atoms with Crippen LogP contribution in [0.15, 0.2) is 41.3 Å². The third-order valence-electron chi connectivity index (χ3n) is 5.53. The second-order valence-electron chi connectivity index (χ2n) is 7.67. The molecule has 30 heavy (non-hydrogen) atoms. The Kier molecular flexibility index (Phi) is 7.05. The fourth-order valence-corrected chi connectivity index (χ4v) is 3.71. The molecular formula is C23H28N2O5. The van der Waals surface area contributed by atoms with Crippen molar-refractivity contribution in [1.29, 1.82) is 0 Å². The molecule has 0 bridgehead atoms. The second kappa shape index (κ2) is 9.71. The molecule has 1 fully saturated rings. The smallest absolute Gasteiger partial charge is 0.263 e. The number of ketones is 1. The van der Waals surface area contributed by atoms with Gasteiger partial charge in [0.2, 0.25) is 0 Å². The minimum Gasteiger partial charge on any atom is -0.491 e. The lowest BCUT2D eigenvalue weighted by molar-refractivity contribution is 0.0961. The third-order valence-corrected chi connectivity index (χ3v) is 5.53. The van der Waals surface area contributed by atoms with E-state index in [0.29, 0.717) is 29.6 Å². The third kappa shape index (κ3) is 5.16. The van der Waals surface area contributed by atoms with Gasteiger partial charge in [-0.3, -0.25) is 14.4 Å². The fraction of sp³-hybridized carbons (Fsp3) is 0.435. The van der Waals surface area contributed by atoms with Gasteiger partial charge in [-0.15, -0.1) is 0 Å². The molecule has 2 aromatic rings. The van der Waals surface area contributed by atoms with E-state index in [0.717, 1.165) is 18.4 Å². The van der Waals surface area contributed by atoms with Crippen molar-refractivity contribution < 1.29 is 19.4 Å². The summed E-state index contributed by atoms with van der Waals surface area (Å²) in [5.41, 5.74) is 0.667. The molecule has 1 aliphatic carbocycles. The fourth-order valence-electron chi connectivity index (χ4n) is 3.71. The molecule has 1 saturated carbocycles. The van der Waals surface area contributed by atoms with E-state index >= 15 is 0 Å². The Morgan fingerprint density at radius 2 is 2.07 bits per heavy atom. The van der Waals surface area contributed by atoms with Gasteiger partial charge in [0.15, 0.2) is 5.78 Å². The van der Waals surface area contributed by atoms with E-state index in [2.05, 4.69) is 12.2 Å². The van der Waals surface area contributed by atoms with Crippen LogP contribution in [0, 0.1) is 11.8 Å². The van der Waals surface area contributed by atoms with Crippen LogP contribution in [0.4, 0.5) is 0 Å². The van der Waals surface area contributed by atoms with Gasteiger partial charge in [-0.2, -0.15) is 0 Å². The first-order chi connectivity index (χ1) is 14.5. The summed E-state index contributed by atoms with van der Waals surface area (Å²) in [6.07, 6.45) is 4.11. The molecule has 2 N–H and O–H groups in total. The first-order valence-corrected chi connectivity index (χ1v) is 10.3. The largest absolute Gasteiger partial charge is 0.491 e. The van der Waals surface area contributed by atoms with E-state index in [4.69, 9.17) is 9.84 Å². The van der Waals surface area contributed by atoms with Gasteiger partial charge < -0.3 is 19.7 Å². The van der Waals surface area contributed by atoms with Crippen LogP contribution in [-0.4, -0.2) is 41.6 Å². The van der Waals surface area contributed by atoms with Crippen LogP contribution < -0.4 is 15.6 Å². The molecule has 7 nitrogen and oxygen atoms in total. The minimum atomic E-state index is -0.513. The molecule has 0 saturated heterocycles. The number of Topliss-reactive ketones (excluding diaryl/α,β-unsaturated/α-hetero) is 1. The Hall–Kier alpha value is -2.93. The van der Waals surface area contributed by atoms with Crippen molar-refractivity contribution in [2.24, 2.45) is 11.8 Å². The zero-order chi connectivity index (χ0) is 21.7. The summed E-state index contributed by atoms with van der Waals surface area (Å²) in [6, 6.07) is 8.57. The molecule has 7 heteroatoms. The number of ether oxygens (including phenoxy) is 1. The van der Waals surface area contributed by atoms with Gasteiger partial charge in [0.25, 0.3) is 11.5 Å². The van der Waals surface area contributed by atoms with Gasteiger partial charge >= 0.3 is 0 Å². The highest BCUT2D eigenvalue weighted by atomic mass is 16.5. The summed E-state index contributed by atoms with van der Waals surface area (Å²) >= 11 is 0. The monoisotopic (exact) mass is 412 g/mol. The summed E-state index contributed by atoms with van der Waals surface area (Å²) in [4.78, 5) is 37.9. The van der Waals surface area contributed by atoms with Crippen molar-refractivity contribution in [1.82, 2.24) is 9.88 Å². The number of hydrogen-bond donors (Lipinski definition) is 2. The molecule has 1 amide bonds. The summed E-state index contributed by atoms with van der Waals surface area (Å²) in [5.74, 6) is 1.01. The van der Waals surface area contributed by atoms with Gasteiger partial charge in [0.1, 0.15) is 17.9 Å². The van der Waals surface area contributed by atoms with Crippen LogP contribution in [0.2, 0.25) is 0 Å². The second-order valence-corrected chi connectivity index (χ2v) is 7.67. The van der Waals surface area contributed by atoms with E-state index in [1.165, 1.54) is 17.7 Å². The van der Waals surface area contributed by atoms with Crippen molar-refractivity contribution in [2.45, 2.75) is 32.7 Å². The Morgan fingerprint density at radius 3 is 2.73 bits per heavy atom. The van der Waals surface area contributed by atoms with Crippen molar-refractivity contribution in [2.75, 3.05) is 20.3 Å². The quantitative estimate of drug-likeness (QED) is 0.584. The number of amides is 1. The molecule has 1 aromatic heterocycles. The predicted octanol–water partition coefficient (Wildman–Crippen LogP) is 2.25. The first-order valence-electron chi connectivity index (χ1n) is 10.3. The maximum Gasteiger partial charge on any atom is 0.263 e. The van der Waals surface area contributed by atoms with E-state index in [1.54, 1.807) is 24.4 Å². The number of carbonyl (C=O) groups is 2. The van der Waals surface area contributed by atoms with Gasteiger partial charge in [-0.25, -0.2) is 0 Å². The first kappa shape index (κ1) is 21.8. The number of nitrogens with zero attached hydrogens (tertiary/aromatic N) is 1. The van der Waals surface area contributed by atoms with Crippen LogP contribution in [0.3, 0.4) is 0 Å². The predicted molar refractivity (Wildman–Crippen MR) is 113 cm³/mol. The van der Waals surface area contributed by atoms with Crippen molar-refractivity contribution >= 4 is 11.7 Å². The number of rotatable bonds is 10. The number of aliphatic hydroxyl groups is 1. The maximum absolute atomic E-state index is 12.9. The van der Waals surface area contributed by atoms with E-state index in [1.807, 2.05) is 6.07 Å². The number of aromatic nitrogens is 1. The van der Waals surface area contributed by atoms with Crippen LogP contribution in [0.1, 0.15) is 52.5 Å². The molecule has 0 aliphatic heterocycles. The molecule has 0 radical (unpaired) electrons.